The zero-order valence-electron chi connectivity index (χ0n) is 25.1. The third-order valence-corrected chi connectivity index (χ3v) is 26.1. The topological polar surface area (TPSA) is 0 Å². The molecule has 3 heteroatoms. The van der Waals surface area contributed by atoms with Crippen molar-refractivity contribution in [3.8, 4) is 11.1 Å². The summed E-state index contributed by atoms with van der Waals surface area (Å²) in [6.07, 6.45) is 6.07. The average Bonchev–Trinajstić information content (AvgIpc) is 3.50. The Morgan fingerprint density at radius 3 is 1.78 bits per heavy atom. The molecule has 0 amide bonds. The molecule has 0 saturated heterocycles. The van der Waals surface area contributed by atoms with Gasteiger partial charge in [-0.25, -0.2) is 0 Å². The van der Waals surface area contributed by atoms with Crippen molar-refractivity contribution in [1.82, 2.24) is 0 Å². The van der Waals surface area contributed by atoms with Crippen molar-refractivity contribution < 1.29 is 18.3 Å². The quantitative estimate of drug-likeness (QED) is 0.181. The van der Waals surface area contributed by atoms with E-state index in [1.807, 2.05) is 0 Å². The molecule has 41 heavy (non-hydrogen) atoms. The van der Waals surface area contributed by atoms with Crippen molar-refractivity contribution in [3.05, 3.63) is 134 Å². The van der Waals surface area contributed by atoms with Gasteiger partial charge in [-0.3, -0.25) is 0 Å². The Bertz CT molecular complexity index is 1680. The van der Waals surface area contributed by atoms with Crippen LogP contribution in [0.15, 0.2) is 112 Å². The van der Waals surface area contributed by atoms with E-state index >= 15 is 0 Å². The summed E-state index contributed by atoms with van der Waals surface area (Å²) in [6, 6.07) is 34.9. The molecule has 6 rings (SSSR count). The summed E-state index contributed by atoms with van der Waals surface area (Å²) in [4.78, 5) is 0. The van der Waals surface area contributed by atoms with Gasteiger partial charge in [0.1, 0.15) is 0 Å². The Morgan fingerprint density at radius 1 is 0.707 bits per heavy atom. The standard InChI is InChI=1S/C13H9.C10H15.2C7H7.CH2.2ClH.Zr/c1-3-7-12-10(5-1)9-11-6-2-4-8-13(11)12;1-8-5-6-9(7-8)10(2,3)4;2*1-7-5-3-2-4-6-7;;;;/h1-5,7-8H,9H2;6-8H,1-4H3;2*3-6H,1H3;1H2;2*1H;. The van der Waals surface area contributed by atoms with E-state index < -0.39 is 18.3 Å². The molecule has 2 aliphatic carbocycles. The number of allylic oxidation sites excluding steroid dienone is 4. The van der Waals surface area contributed by atoms with Crippen LogP contribution < -0.4 is 9.81 Å². The maximum absolute atomic E-state index is 5.67. The average molecular weight is 661 g/mol. The van der Waals surface area contributed by atoms with Gasteiger partial charge in [0.05, 0.1) is 0 Å². The first kappa shape index (κ1) is 31.6. The molecular weight excluding hydrogens is 619 g/mol. The predicted molar refractivity (Wildman–Crippen MR) is 182 cm³/mol. The van der Waals surface area contributed by atoms with E-state index in [9.17, 15) is 0 Å². The SMILES string of the molecule is Cl.Cl.[CH2]=[Zr]([C]1=CC(C(C)(C)C)=CC1C)([c]1ccc(C)cc1)([c]1ccc(C)cc1)[c]1cccc2c1Cc1ccccc1-2. The summed E-state index contributed by atoms with van der Waals surface area (Å²) in [5.41, 5.74) is 9.78. The molecule has 0 radical (unpaired) electrons. The van der Waals surface area contributed by atoms with Crippen LogP contribution in [0.5, 0.6) is 0 Å². The van der Waals surface area contributed by atoms with E-state index in [2.05, 4.69) is 145 Å². The van der Waals surface area contributed by atoms with E-state index in [1.165, 1.54) is 48.8 Å². The molecule has 1 unspecified atom stereocenters. The number of aryl methyl sites for hydroxylation is 2. The molecule has 0 nitrogen and oxygen atoms in total. The van der Waals surface area contributed by atoms with Gasteiger partial charge < -0.3 is 0 Å². The normalized spacial score (nSPS) is 16.1. The molecule has 0 spiro atoms. The Hall–Kier alpha value is -2.31. The second kappa shape index (κ2) is 11.1. The van der Waals surface area contributed by atoms with E-state index in [0.29, 0.717) is 5.92 Å². The van der Waals surface area contributed by atoms with E-state index in [1.54, 1.807) is 3.28 Å². The van der Waals surface area contributed by atoms with Crippen LogP contribution in [0.4, 0.5) is 0 Å². The molecule has 0 aromatic heterocycles. The summed E-state index contributed by atoms with van der Waals surface area (Å²) < 4.78 is 11.6. The monoisotopic (exact) mass is 658 g/mol. The molecule has 4 aromatic rings. The number of rotatable bonds is 4. The number of halogens is 2. The molecular formula is C38H42Cl2Zr. The third kappa shape index (κ3) is 4.74. The first-order chi connectivity index (χ1) is 18.5. The predicted octanol–water partition coefficient (Wildman–Crippen LogP) is 8.62. The molecule has 0 bridgehead atoms. The summed E-state index contributed by atoms with van der Waals surface area (Å²) in [5, 5.41) is 0. The summed E-state index contributed by atoms with van der Waals surface area (Å²) in [7, 11) is 0. The van der Waals surface area contributed by atoms with Crippen LogP contribution in [-0.4, -0.2) is 4.21 Å². The molecule has 212 valence electrons. The maximum atomic E-state index is 5.67. The third-order valence-electron chi connectivity index (χ3n) is 9.56. The van der Waals surface area contributed by atoms with Gasteiger partial charge in [0, 0.05) is 0 Å². The Balaban J connectivity index is 0.00000194. The van der Waals surface area contributed by atoms with Gasteiger partial charge in [0.2, 0.25) is 0 Å². The molecule has 2 aliphatic rings. The van der Waals surface area contributed by atoms with Crippen molar-refractivity contribution in [3.63, 3.8) is 0 Å². The summed E-state index contributed by atoms with van der Waals surface area (Å²) in [5.74, 6) is 0.324. The van der Waals surface area contributed by atoms with Crippen LogP contribution in [0, 0.1) is 25.2 Å². The van der Waals surface area contributed by atoms with Gasteiger partial charge in [0.25, 0.3) is 0 Å². The van der Waals surface area contributed by atoms with E-state index in [4.69, 9.17) is 4.21 Å². The van der Waals surface area contributed by atoms with Crippen molar-refractivity contribution in [1.29, 1.82) is 0 Å². The molecule has 1 atom stereocenters. The van der Waals surface area contributed by atoms with Crippen molar-refractivity contribution in [2.24, 2.45) is 11.3 Å². The zero-order valence-corrected chi connectivity index (χ0v) is 29.2. The van der Waals surface area contributed by atoms with Gasteiger partial charge in [-0.1, -0.05) is 0 Å². The fraction of sp³-hybridized carbons (Fsp3) is 0.237. The minimum atomic E-state index is -4.74. The van der Waals surface area contributed by atoms with Crippen LogP contribution in [0.1, 0.15) is 49.9 Å². The minimum absolute atomic E-state index is 0. The first-order valence-corrected chi connectivity index (χ1v) is 21.0. The molecule has 0 saturated carbocycles. The van der Waals surface area contributed by atoms with Crippen molar-refractivity contribution in [2.75, 3.05) is 0 Å². The number of hydrogen-bond donors (Lipinski definition) is 0. The van der Waals surface area contributed by atoms with Gasteiger partial charge in [-0.15, -0.1) is 24.8 Å². The second-order valence-corrected chi connectivity index (χ2v) is 25.9. The van der Waals surface area contributed by atoms with Crippen molar-refractivity contribution >= 4 is 38.8 Å². The Morgan fingerprint density at radius 2 is 1.24 bits per heavy atom. The number of hydrogen-bond acceptors (Lipinski definition) is 0. The van der Waals surface area contributed by atoms with Crippen LogP contribution in [0.2, 0.25) is 0 Å². The summed E-state index contributed by atoms with van der Waals surface area (Å²) >= 11 is -4.74. The molecule has 4 aromatic carbocycles. The fourth-order valence-corrected chi connectivity index (χ4v) is 23.7. The molecule has 0 aliphatic heterocycles. The van der Waals surface area contributed by atoms with Gasteiger partial charge >= 0.3 is 237 Å². The van der Waals surface area contributed by atoms with Crippen molar-refractivity contribution in [2.45, 2.75) is 48.0 Å². The van der Waals surface area contributed by atoms with Gasteiger partial charge in [-0.05, 0) is 0 Å². The second-order valence-electron chi connectivity index (χ2n) is 13.1. The van der Waals surface area contributed by atoms with Crippen LogP contribution >= 0.6 is 24.8 Å². The van der Waals surface area contributed by atoms with Gasteiger partial charge in [0.15, 0.2) is 0 Å². The fourth-order valence-electron chi connectivity index (χ4n) is 7.32. The molecule has 0 N–H and O–H groups in total. The number of benzene rings is 4. The van der Waals surface area contributed by atoms with Gasteiger partial charge in [-0.2, -0.15) is 0 Å². The Kier molecular flexibility index (Phi) is 8.54. The Labute approximate surface area is 260 Å². The molecule has 0 heterocycles. The zero-order chi connectivity index (χ0) is 27.6. The van der Waals surface area contributed by atoms with E-state index in [-0.39, 0.29) is 30.2 Å². The van der Waals surface area contributed by atoms with Crippen LogP contribution in [0.3, 0.4) is 0 Å². The van der Waals surface area contributed by atoms with E-state index in [0.717, 1.165) is 6.42 Å². The number of fused-ring (bicyclic) bond motifs is 3. The van der Waals surface area contributed by atoms with Crippen LogP contribution in [0.25, 0.3) is 11.1 Å². The molecule has 0 fully saturated rings. The van der Waals surface area contributed by atoms with Crippen LogP contribution in [-0.2, 0) is 24.7 Å². The first-order valence-electron chi connectivity index (χ1n) is 14.3. The summed E-state index contributed by atoms with van der Waals surface area (Å²) in [6.45, 7) is 13.8.